The Morgan fingerprint density at radius 3 is 1.80 bits per heavy atom. The first-order valence-electron chi connectivity index (χ1n) is 0.908. The molecule has 0 rings (SSSR count). The van der Waals surface area contributed by atoms with Crippen molar-refractivity contribution in [1.29, 1.82) is 0 Å². The largest absolute Gasteiger partial charge is 1.00 e. The number of carbonyl (C=O) groups excluding carboxylic acids is 1. The maximum atomic E-state index is 8.89. The van der Waals surface area contributed by atoms with Crippen molar-refractivity contribution in [3.8, 4) is 0 Å². The summed E-state index contributed by atoms with van der Waals surface area (Å²) < 4.78 is 0. The van der Waals surface area contributed by atoms with E-state index in [-0.39, 0.29) is 17.0 Å². The van der Waals surface area contributed by atoms with E-state index < -0.39 is 5.97 Å². The first-order valence-corrected chi connectivity index (χ1v) is 0.908. The Hall–Kier alpha value is -0.0500. The zero-order valence-electron chi connectivity index (χ0n) is 2.69. The molecule has 2 nitrogen and oxygen atoms in total. The lowest BCUT2D eigenvalue weighted by atomic mass is 10.9. The minimum atomic E-state index is -1.08. The van der Waals surface area contributed by atoms with Gasteiger partial charge in [0.05, 0.1) is 0 Å². The van der Waals surface area contributed by atoms with Crippen molar-refractivity contribution < 1.29 is 26.9 Å². The van der Waals surface area contributed by atoms with E-state index in [0.29, 0.717) is 0 Å². The van der Waals surface area contributed by atoms with Gasteiger partial charge in [-0.15, -0.1) is 0 Å². The molecule has 0 amide bonds. The van der Waals surface area contributed by atoms with E-state index >= 15 is 0 Å². The van der Waals surface area contributed by atoms with Crippen LogP contribution in [0.3, 0.4) is 0 Å². The maximum Gasteiger partial charge on any atom is 0.0383 e. The van der Waals surface area contributed by atoms with Gasteiger partial charge in [-0.25, -0.2) is 0 Å². The first kappa shape index (κ1) is 8.87. The van der Waals surface area contributed by atoms with E-state index in [1.807, 2.05) is 0 Å². The lowest BCUT2D eigenvalue weighted by Gasteiger charge is -1.77. The molecule has 0 atom stereocenters. The van der Waals surface area contributed by atoms with Crippen LogP contribution in [0.1, 0.15) is 6.92 Å². The molecule has 0 bridgehead atoms. The predicted molar refractivity (Wildman–Crippen MR) is 10.7 cm³/mol. The number of rotatable bonds is 0. The molecule has 0 aromatic heterocycles. The quantitative estimate of drug-likeness (QED) is 0.341. The molecular formula is C2H3BrO2-2. The lowest BCUT2D eigenvalue weighted by molar-refractivity contribution is -0.302. The van der Waals surface area contributed by atoms with Crippen LogP contribution in [0.25, 0.3) is 0 Å². The van der Waals surface area contributed by atoms with Gasteiger partial charge in [-0.05, 0) is 6.92 Å². The number of carbonyl (C=O) groups is 1. The second-order valence-corrected chi connectivity index (χ2v) is 0.492. The average molecular weight is 139 g/mol. The summed E-state index contributed by atoms with van der Waals surface area (Å²) in [5.74, 6) is -1.08. The van der Waals surface area contributed by atoms with E-state index in [0.717, 1.165) is 6.92 Å². The highest BCUT2D eigenvalue weighted by atomic mass is 79.9. The molecule has 0 fully saturated rings. The van der Waals surface area contributed by atoms with Crippen LogP contribution in [0.15, 0.2) is 0 Å². The minimum Gasteiger partial charge on any atom is -1.00 e. The normalized spacial score (nSPS) is 5.00. The van der Waals surface area contributed by atoms with Crippen molar-refractivity contribution >= 4 is 5.97 Å². The molecule has 0 aromatic rings. The Kier molecular flexibility index (Phi) is 7.01. The highest BCUT2D eigenvalue weighted by Crippen LogP contribution is 1.31. The Morgan fingerprint density at radius 2 is 1.80 bits per heavy atom. The van der Waals surface area contributed by atoms with Crippen molar-refractivity contribution in [2.75, 3.05) is 0 Å². The van der Waals surface area contributed by atoms with Gasteiger partial charge in [0, 0.05) is 5.97 Å². The smallest absolute Gasteiger partial charge is 0.0383 e. The molecular weight excluding hydrogens is 136 g/mol. The zero-order chi connectivity index (χ0) is 3.58. The van der Waals surface area contributed by atoms with Crippen molar-refractivity contribution in [3.63, 3.8) is 0 Å². The molecule has 0 N–H and O–H groups in total. The molecule has 0 spiro atoms. The summed E-state index contributed by atoms with van der Waals surface area (Å²) in [4.78, 5) is 8.89. The van der Waals surface area contributed by atoms with Crippen LogP contribution in [0.4, 0.5) is 0 Å². The molecule has 0 aromatic carbocycles. The third-order valence-electron chi connectivity index (χ3n) is 0. The van der Waals surface area contributed by atoms with Crippen LogP contribution in [0, 0.1) is 0 Å². The molecule has 0 aliphatic carbocycles. The number of hydrogen-bond acceptors (Lipinski definition) is 2. The number of hydrogen-bond donors (Lipinski definition) is 0. The monoisotopic (exact) mass is 138 g/mol. The fraction of sp³-hybridized carbons (Fsp3) is 0.500. The Bertz CT molecular complexity index is 30.6. The van der Waals surface area contributed by atoms with Crippen LogP contribution < -0.4 is 22.1 Å². The van der Waals surface area contributed by atoms with Gasteiger partial charge in [0.2, 0.25) is 0 Å². The van der Waals surface area contributed by atoms with Gasteiger partial charge in [-0.2, -0.15) is 0 Å². The van der Waals surface area contributed by atoms with Crippen LogP contribution in [-0.4, -0.2) is 5.97 Å². The van der Waals surface area contributed by atoms with Crippen LogP contribution in [-0.2, 0) is 4.79 Å². The third-order valence-corrected chi connectivity index (χ3v) is 0. The fourth-order valence-corrected chi connectivity index (χ4v) is 0. The Balaban J connectivity index is 0. The van der Waals surface area contributed by atoms with Crippen LogP contribution in [0.2, 0.25) is 0 Å². The molecule has 0 aliphatic rings. The fourth-order valence-electron chi connectivity index (χ4n) is 0. The van der Waals surface area contributed by atoms with Crippen molar-refractivity contribution in [3.05, 3.63) is 0 Å². The predicted octanol–water partition coefficient (Wildman–Crippen LogP) is -4.24. The zero-order valence-corrected chi connectivity index (χ0v) is 4.28. The van der Waals surface area contributed by atoms with Crippen LogP contribution >= 0.6 is 0 Å². The summed E-state index contributed by atoms with van der Waals surface area (Å²) in [6.07, 6.45) is 0. The molecule has 0 aliphatic heterocycles. The second kappa shape index (κ2) is 3.95. The summed E-state index contributed by atoms with van der Waals surface area (Å²) in [7, 11) is 0. The SMILES string of the molecule is CC(=O)[O-].[Br-]. The van der Waals surface area contributed by atoms with Crippen molar-refractivity contribution in [2.24, 2.45) is 0 Å². The molecule has 3 heteroatoms. The summed E-state index contributed by atoms with van der Waals surface area (Å²) >= 11 is 0. The third kappa shape index (κ3) is 6010. The maximum absolute atomic E-state index is 8.89. The van der Waals surface area contributed by atoms with Gasteiger partial charge in [-0.3, -0.25) is 0 Å². The summed E-state index contributed by atoms with van der Waals surface area (Å²) in [5, 5.41) is 8.89. The number of carboxylic acids is 1. The molecule has 0 unspecified atom stereocenters. The van der Waals surface area contributed by atoms with E-state index in [4.69, 9.17) is 9.90 Å². The lowest BCUT2D eigenvalue weighted by Crippen LogP contribution is -3.00. The summed E-state index contributed by atoms with van der Waals surface area (Å²) in [6, 6.07) is 0. The standard InChI is InChI=1S/C2H4O2.BrH/c1-2(3)4;/h1H3,(H,3,4);1H/p-2. The van der Waals surface area contributed by atoms with Gasteiger partial charge in [0.15, 0.2) is 0 Å². The highest BCUT2D eigenvalue weighted by Gasteiger charge is 1.46. The summed E-state index contributed by atoms with van der Waals surface area (Å²) in [5.41, 5.74) is 0. The van der Waals surface area contributed by atoms with Crippen molar-refractivity contribution in [1.82, 2.24) is 0 Å². The van der Waals surface area contributed by atoms with E-state index in [1.54, 1.807) is 0 Å². The van der Waals surface area contributed by atoms with Gasteiger partial charge >= 0.3 is 0 Å². The highest BCUT2D eigenvalue weighted by molar-refractivity contribution is 5.60. The second-order valence-electron chi connectivity index (χ2n) is 0.492. The molecule has 32 valence electrons. The van der Waals surface area contributed by atoms with Gasteiger partial charge in [-0.1, -0.05) is 0 Å². The molecule has 5 heavy (non-hydrogen) atoms. The van der Waals surface area contributed by atoms with Gasteiger partial charge in [0.1, 0.15) is 0 Å². The van der Waals surface area contributed by atoms with Crippen LogP contribution in [0.5, 0.6) is 0 Å². The van der Waals surface area contributed by atoms with E-state index in [1.165, 1.54) is 0 Å². The van der Waals surface area contributed by atoms with Gasteiger partial charge in [0.25, 0.3) is 0 Å². The first-order chi connectivity index (χ1) is 1.73. The van der Waals surface area contributed by atoms with Gasteiger partial charge < -0.3 is 26.9 Å². The summed E-state index contributed by atoms with van der Waals surface area (Å²) in [6.45, 7) is 0.972. The topological polar surface area (TPSA) is 40.1 Å². The molecule has 0 saturated carbocycles. The van der Waals surface area contributed by atoms with Crippen molar-refractivity contribution in [2.45, 2.75) is 6.92 Å². The van der Waals surface area contributed by atoms with E-state index in [2.05, 4.69) is 0 Å². The number of halogens is 1. The average Bonchev–Trinajstić information content (AvgIpc) is 0.811. The van der Waals surface area contributed by atoms with E-state index in [9.17, 15) is 0 Å². The molecule has 0 radical (unpaired) electrons. The molecule has 0 heterocycles. The number of carboxylic acid groups (broad SMARTS) is 1. The molecule has 0 saturated heterocycles. The number of aliphatic carboxylic acids is 1. The minimum absolute atomic E-state index is 0. The Labute approximate surface area is 40.6 Å². The Morgan fingerprint density at radius 1 is 1.80 bits per heavy atom.